The summed E-state index contributed by atoms with van der Waals surface area (Å²) in [5, 5.41) is 0. The van der Waals surface area contributed by atoms with E-state index in [0.29, 0.717) is 11.8 Å². The zero-order chi connectivity index (χ0) is 11.7. The highest BCUT2D eigenvalue weighted by molar-refractivity contribution is 5.63. The number of carbonyl (C=O) groups is 1. The summed E-state index contributed by atoms with van der Waals surface area (Å²) in [5.41, 5.74) is 0. The van der Waals surface area contributed by atoms with Crippen molar-refractivity contribution in [3.8, 4) is 0 Å². The molecule has 0 aromatic rings. The molecule has 8 unspecified atom stereocenters. The Balaban J connectivity index is 1.68. The minimum Gasteiger partial charge on any atom is -0.427 e. The predicted octanol–water partition coefficient (Wildman–Crippen LogP) is 2.84. The van der Waals surface area contributed by atoms with E-state index in [1.807, 2.05) is 0 Å². The summed E-state index contributed by atoms with van der Waals surface area (Å²) in [6.07, 6.45) is 3.64. The van der Waals surface area contributed by atoms with E-state index in [1.54, 1.807) is 0 Å². The third-order valence-corrected chi connectivity index (χ3v) is 6.01. The van der Waals surface area contributed by atoms with Gasteiger partial charge < -0.3 is 9.47 Å². The van der Waals surface area contributed by atoms with Crippen LogP contribution in [0.5, 0.6) is 0 Å². The molecule has 94 valence electrons. The van der Waals surface area contributed by atoms with Crippen molar-refractivity contribution in [2.24, 2.45) is 35.5 Å². The largest absolute Gasteiger partial charge is 0.509 e. The zero-order valence-corrected chi connectivity index (χ0v) is 10.5. The maximum Gasteiger partial charge on any atom is 0.509 e. The fourth-order valence-electron chi connectivity index (χ4n) is 5.65. The van der Waals surface area contributed by atoms with Gasteiger partial charge in [-0.25, -0.2) is 4.79 Å². The molecule has 3 aliphatic carbocycles. The molecule has 0 spiro atoms. The topological polar surface area (TPSA) is 35.5 Å². The first-order valence-corrected chi connectivity index (χ1v) is 7.08. The molecule has 3 nitrogen and oxygen atoms in total. The molecule has 4 aliphatic rings. The Bertz CT molecular complexity index is 366. The van der Waals surface area contributed by atoms with Crippen LogP contribution in [0.15, 0.2) is 0 Å². The van der Waals surface area contributed by atoms with Crippen molar-refractivity contribution in [2.75, 3.05) is 0 Å². The minimum atomic E-state index is -0.421. The zero-order valence-electron chi connectivity index (χ0n) is 10.5. The van der Waals surface area contributed by atoms with Crippen LogP contribution >= 0.6 is 0 Å². The molecule has 4 rings (SSSR count). The maximum atomic E-state index is 11.3. The monoisotopic (exact) mass is 236 g/mol. The van der Waals surface area contributed by atoms with E-state index in [2.05, 4.69) is 13.8 Å². The molecule has 8 atom stereocenters. The highest BCUT2D eigenvalue weighted by Gasteiger charge is 2.67. The van der Waals surface area contributed by atoms with Crippen LogP contribution in [-0.4, -0.2) is 18.4 Å². The van der Waals surface area contributed by atoms with E-state index >= 15 is 0 Å². The van der Waals surface area contributed by atoms with E-state index < -0.39 is 6.16 Å². The van der Waals surface area contributed by atoms with Crippen LogP contribution in [0.2, 0.25) is 0 Å². The van der Waals surface area contributed by atoms with E-state index in [1.165, 1.54) is 19.3 Å². The second-order valence-corrected chi connectivity index (χ2v) is 6.51. The molecular formula is C14H20O3. The number of ether oxygens (including phenoxy) is 2. The summed E-state index contributed by atoms with van der Waals surface area (Å²) in [5.74, 6) is 4.44. The third-order valence-electron chi connectivity index (χ3n) is 6.01. The predicted molar refractivity (Wildman–Crippen MR) is 61.3 cm³/mol. The Hall–Kier alpha value is -0.730. The second kappa shape index (κ2) is 3.18. The fourth-order valence-corrected chi connectivity index (χ4v) is 5.65. The molecule has 0 radical (unpaired) electrons. The summed E-state index contributed by atoms with van der Waals surface area (Å²) in [6, 6.07) is 0. The summed E-state index contributed by atoms with van der Waals surface area (Å²) >= 11 is 0. The number of hydrogen-bond acceptors (Lipinski definition) is 3. The first-order valence-electron chi connectivity index (χ1n) is 7.08. The smallest absolute Gasteiger partial charge is 0.427 e. The van der Waals surface area contributed by atoms with Crippen molar-refractivity contribution in [1.82, 2.24) is 0 Å². The average molecular weight is 236 g/mol. The first kappa shape index (κ1) is 10.2. The number of hydrogen-bond donors (Lipinski definition) is 0. The number of rotatable bonds is 1. The minimum absolute atomic E-state index is 0.0896. The van der Waals surface area contributed by atoms with Crippen LogP contribution in [0.4, 0.5) is 4.79 Å². The molecule has 4 fully saturated rings. The van der Waals surface area contributed by atoms with E-state index in [9.17, 15) is 4.79 Å². The summed E-state index contributed by atoms with van der Waals surface area (Å²) in [6.45, 7) is 4.70. The van der Waals surface area contributed by atoms with Crippen LogP contribution in [-0.2, 0) is 9.47 Å². The van der Waals surface area contributed by atoms with Crippen molar-refractivity contribution >= 4 is 6.16 Å². The van der Waals surface area contributed by atoms with Crippen LogP contribution in [0.1, 0.15) is 33.1 Å². The highest BCUT2D eigenvalue weighted by atomic mass is 16.8. The van der Waals surface area contributed by atoms with E-state index in [0.717, 1.165) is 23.7 Å². The van der Waals surface area contributed by atoms with Crippen LogP contribution < -0.4 is 0 Å². The fraction of sp³-hybridized carbons (Fsp3) is 0.929. The number of fused-ring (bicyclic) bond motifs is 8. The van der Waals surface area contributed by atoms with Gasteiger partial charge in [-0.2, -0.15) is 0 Å². The standard InChI is InChI=1S/C14H20O3/c1-3-7-4-6(2)10-8-5-9(11(7)10)13-12(8)16-14(15)17-13/h6-13H,3-5H2,1-2H3. The van der Waals surface area contributed by atoms with Gasteiger partial charge in [-0.1, -0.05) is 20.3 Å². The molecule has 0 amide bonds. The highest BCUT2D eigenvalue weighted by Crippen LogP contribution is 2.65. The molecule has 0 aromatic carbocycles. The molecule has 0 N–H and O–H groups in total. The van der Waals surface area contributed by atoms with Gasteiger partial charge in [-0.15, -0.1) is 0 Å². The molecule has 1 aliphatic heterocycles. The third kappa shape index (κ3) is 1.11. The van der Waals surface area contributed by atoms with Crippen LogP contribution in [0, 0.1) is 35.5 Å². The quantitative estimate of drug-likeness (QED) is 0.657. The molecule has 1 saturated heterocycles. The van der Waals surface area contributed by atoms with Gasteiger partial charge in [-0.05, 0) is 36.5 Å². The van der Waals surface area contributed by atoms with Gasteiger partial charge in [0.2, 0.25) is 0 Å². The molecule has 0 aromatic heterocycles. The Labute approximate surface area is 102 Å². The Morgan fingerprint density at radius 1 is 1.12 bits per heavy atom. The van der Waals surface area contributed by atoms with Gasteiger partial charge in [0, 0.05) is 11.8 Å². The van der Waals surface area contributed by atoms with Gasteiger partial charge in [0.25, 0.3) is 0 Å². The van der Waals surface area contributed by atoms with Gasteiger partial charge in [-0.3, -0.25) is 0 Å². The van der Waals surface area contributed by atoms with E-state index in [4.69, 9.17) is 9.47 Å². The Kier molecular flexibility index (Phi) is 1.91. The summed E-state index contributed by atoms with van der Waals surface area (Å²) in [4.78, 5) is 11.3. The van der Waals surface area contributed by atoms with Gasteiger partial charge in [0.05, 0.1) is 0 Å². The van der Waals surface area contributed by atoms with Gasteiger partial charge >= 0.3 is 6.16 Å². The molecule has 17 heavy (non-hydrogen) atoms. The summed E-state index contributed by atoms with van der Waals surface area (Å²) in [7, 11) is 0. The molecular weight excluding hydrogens is 216 g/mol. The van der Waals surface area contributed by atoms with Crippen LogP contribution in [0.3, 0.4) is 0 Å². The average Bonchev–Trinajstić information content (AvgIpc) is 2.96. The lowest BCUT2D eigenvalue weighted by atomic mass is 9.73. The van der Waals surface area contributed by atoms with E-state index in [-0.39, 0.29) is 12.2 Å². The van der Waals surface area contributed by atoms with Crippen molar-refractivity contribution in [3.05, 3.63) is 0 Å². The SMILES string of the molecule is CCC1CC(C)C2C3CC(C4OC(=O)OC34)C12. The Morgan fingerprint density at radius 3 is 2.41 bits per heavy atom. The first-order chi connectivity index (χ1) is 8.20. The Morgan fingerprint density at radius 2 is 1.76 bits per heavy atom. The molecule has 3 saturated carbocycles. The van der Waals surface area contributed by atoms with Gasteiger partial charge in [0.1, 0.15) is 12.2 Å². The van der Waals surface area contributed by atoms with Crippen molar-refractivity contribution < 1.29 is 14.3 Å². The number of carbonyl (C=O) groups excluding carboxylic acids is 1. The molecule has 2 bridgehead atoms. The van der Waals surface area contributed by atoms with Crippen LogP contribution in [0.25, 0.3) is 0 Å². The lowest BCUT2D eigenvalue weighted by molar-refractivity contribution is 0.0234. The lowest BCUT2D eigenvalue weighted by Gasteiger charge is -2.34. The van der Waals surface area contributed by atoms with Crippen molar-refractivity contribution in [2.45, 2.75) is 45.3 Å². The maximum absolute atomic E-state index is 11.3. The van der Waals surface area contributed by atoms with Gasteiger partial charge in [0.15, 0.2) is 0 Å². The van der Waals surface area contributed by atoms with Crippen molar-refractivity contribution in [1.29, 1.82) is 0 Å². The lowest BCUT2D eigenvalue weighted by Crippen LogP contribution is -2.40. The molecule has 1 heterocycles. The molecule has 3 heteroatoms. The van der Waals surface area contributed by atoms with Crippen molar-refractivity contribution in [3.63, 3.8) is 0 Å². The normalized spacial score (nSPS) is 58.8. The summed E-state index contributed by atoms with van der Waals surface area (Å²) < 4.78 is 10.8. The second-order valence-electron chi connectivity index (χ2n) is 6.51.